The van der Waals surface area contributed by atoms with Gasteiger partial charge in [-0.2, -0.15) is 0 Å². The molecule has 0 bridgehead atoms. The number of phenolic OH excluding ortho intramolecular Hbond substituents is 4. The van der Waals surface area contributed by atoms with E-state index >= 15 is 0 Å². The second kappa shape index (κ2) is 14.9. The van der Waals surface area contributed by atoms with Crippen LogP contribution in [0.5, 0.6) is 23.0 Å². The van der Waals surface area contributed by atoms with Crippen molar-refractivity contribution < 1.29 is 25.5 Å². The summed E-state index contributed by atoms with van der Waals surface area (Å²) in [6, 6.07) is 22.0. The Balaban J connectivity index is 1.96. The molecule has 0 aliphatic heterocycles. The average molecular weight is 1240 g/mol. The first kappa shape index (κ1) is 39.5. The van der Waals surface area contributed by atoms with E-state index in [1.54, 1.807) is 6.92 Å². The van der Waals surface area contributed by atoms with Gasteiger partial charge in [0.25, 0.3) is 0 Å². The lowest BCUT2D eigenvalue weighted by atomic mass is 9.66. The van der Waals surface area contributed by atoms with Crippen LogP contribution < -0.4 is 0 Å². The number of benzene rings is 5. The summed E-state index contributed by atoms with van der Waals surface area (Å²) >= 11 is 15.4. The molecule has 0 saturated heterocycles. The van der Waals surface area contributed by atoms with Gasteiger partial charge in [-0.3, -0.25) is 0 Å². The fourth-order valence-electron chi connectivity index (χ4n) is 6.25. The predicted octanol–water partition coefficient (Wildman–Crippen LogP) is 11.2. The molecule has 49 heavy (non-hydrogen) atoms. The van der Waals surface area contributed by atoms with Gasteiger partial charge in [-0.15, -0.1) is 12.6 Å². The van der Waals surface area contributed by atoms with Gasteiger partial charge >= 0.3 is 0 Å². The summed E-state index contributed by atoms with van der Waals surface area (Å²) in [7, 11) is 0. The summed E-state index contributed by atoms with van der Waals surface area (Å²) in [4.78, 5) is 0.441. The van der Waals surface area contributed by atoms with Crippen LogP contribution in [0.3, 0.4) is 0 Å². The lowest BCUT2D eigenvalue weighted by Gasteiger charge is -2.37. The van der Waals surface area contributed by atoms with Crippen LogP contribution in [0, 0.1) is 31.7 Å². The van der Waals surface area contributed by atoms with E-state index in [2.05, 4.69) is 145 Å². The lowest BCUT2D eigenvalue weighted by molar-refractivity contribution is 0.199. The molecule has 0 spiro atoms. The van der Waals surface area contributed by atoms with E-state index in [0.717, 1.165) is 44.5 Å². The molecular weight excluding hydrogens is 1200 g/mol. The van der Waals surface area contributed by atoms with Crippen molar-refractivity contribution in [1.82, 2.24) is 0 Å². The molecule has 256 valence electrons. The predicted molar refractivity (Wildman–Crippen MR) is 241 cm³/mol. The molecule has 5 nitrogen and oxygen atoms in total. The maximum atomic E-state index is 11.2. The Hall–Kier alpha value is -0.740. The van der Waals surface area contributed by atoms with Crippen LogP contribution in [0.25, 0.3) is 0 Å². The van der Waals surface area contributed by atoms with Crippen molar-refractivity contribution in [2.24, 2.45) is 0 Å². The summed E-state index contributed by atoms with van der Waals surface area (Å²) in [5.74, 6) is 0.777. The summed E-state index contributed by atoms with van der Waals surface area (Å²) in [6.45, 7) is 9.78. The van der Waals surface area contributed by atoms with Crippen molar-refractivity contribution in [3.63, 3.8) is 0 Å². The Morgan fingerprint density at radius 3 is 1.14 bits per heavy atom. The van der Waals surface area contributed by atoms with E-state index in [1.165, 1.54) is 0 Å². The first-order valence-electron chi connectivity index (χ1n) is 15.0. The monoisotopic (exact) mass is 1240 g/mol. The van der Waals surface area contributed by atoms with E-state index in [4.69, 9.17) is 0 Å². The molecule has 0 radical (unpaired) electrons. The quantitative estimate of drug-likeness (QED) is 0.0554. The Labute approximate surface area is 360 Å². The zero-order chi connectivity index (χ0) is 36.3. The fraction of sp³-hybridized carbons (Fsp3) is 0.211. The zero-order valence-electron chi connectivity index (χ0n) is 27.0. The van der Waals surface area contributed by atoms with Gasteiger partial charge in [0.15, 0.2) is 0 Å². The smallest absolute Gasteiger partial charge is 0.142 e. The van der Waals surface area contributed by atoms with Crippen molar-refractivity contribution in [3.05, 3.63) is 135 Å². The summed E-state index contributed by atoms with van der Waals surface area (Å²) in [5.41, 5.74) is 5.97. The molecule has 0 aromatic heterocycles. The van der Waals surface area contributed by atoms with Crippen LogP contribution >= 0.6 is 126 Å². The Bertz CT molecular complexity index is 1780. The zero-order valence-corrected chi connectivity index (χ0v) is 38.7. The van der Waals surface area contributed by atoms with E-state index in [9.17, 15) is 25.5 Å². The van der Waals surface area contributed by atoms with E-state index in [1.807, 2.05) is 74.5 Å². The number of aryl methyl sites for hydroxylation is 2. The van der Waals surface area contributed by atoms with Gasteiger partial charge in [-0.25, -0.2) is 0 Å². The first-order valence-corrected chi connectivity index (χ1v) is 20.9. The minimum atomic E-state index is -0.849. The molecule has 5 N–H and O–H groups in total. The molecular formula is C38H33I5O5S. The lowest BCUT2D eigenvalue weighted by Crippen LogP contribution is -2.30. The number of thiol groups is 1. The fourth-order valence-corrected chi connectivity index (χ4v) is 10.6. The third kappa shape index (κ3) is 7.29. The minimum absolute atomic E-state index is 0.102. The van der Waals surface area contributed by atoms with Crippen molar-refractivity contribution in [2.75, 3.05) is 0 Å². The number of aliphatic hydroxyl groups is 1. The van der Waals surface area contributed by atoms with Crippen molar-refractivity contribution in [2.45, 2.75) is 56.4 Å². The van der Waals surface area contributed by atoms with Gasteiger partial charge in [0, 0.05) is 15.7 Å². The van der Waals surface area contributed by atoms with Crippen LogP contribution in [0.1, 0.15) is 76.9 Å². The maximum Gasteiger partial charge on any atom is 0.142 e. The number of hydrogen-bond donors (Lipinski definition) is 6. The molecule has 5 aromatic rings. The molecule has 5 rings (SSSR count). The Kier molecular flexibility index (Phi) is 12.0. The van der Waals surface area contributed by atoms with E-state index in [-0.39, 0.29) is 23.0 Å². The summed E-state index contributed by atoms with van der Waals surface area (Å²) < 4.78 is 3.48. The number of phenols is 4. The van der Waals surface area contributed by atoms with Crippen molar-refractivity contribution >= 4 is 126 Å². The van der Waals surface area contributed by atoms with Crippen LogP contribution in [-0.4, -0.2) is 25.5 Å². The summed E-state index contributed by atoms with van der Waals surface area (Å²) in [5, 5.41) is 54.3. The number of rotatable bonds is 7. The topological polar surface area (TPSA) is 101 Å². The Morgan fingerprint density at radius 1 is 0.490 bits per heavy atom. The third-order valence-corrected chi connectivity index (χ3v) is 13.9. The normalized spacial score (nSPS) is 13.7. The third-order valence-electron chi connectivity index (χ3n) is 9.47. The molecule has 0 fully saturated rings. The van der Waals surface area contributed by atoms with E-state index < -0.39 is 16.9 Å². The SMILES string of the molecule is Cc1cc(C(C)(c2cc(C(C)O)cc(C(C)(c3cc(S)c(O)c(I)c3)c3cc(I)c(O)c(I)c3)c2)c2cc(C)c(O)c(I)c2)cc(I)c1O. The largest absolute Gasteiger partial charge is 0.507 e. The summed E-state index contributed by atoms with van der Waals surface area (Å²) in [6.07, 6.45) is -0.809. The van der Waals surface area contributed by atoms with Gasteiger partial charge in [-0.05, 0) is 234 Å². The second-order valence-electron chi connectivity index (χ2n) is 12.6. The van der Waals surface area contributed by atoms with Crippen LogP contribution in [0.2, 0.25) is 0 Å². The standard InChI is InChI=1S/C38H33I5O5S/c1-17-6-21(11-27(39)33(17)45)37(4,22-7-18(2)34(46)28(40)12-22)23-8-20(19(3)44)9-24(10-23)38(5,25-13-29(41)35(47)30(42)14-25)26-15-31(43)36(48)32(49)16-26/h6-16,19,44-49H,1-5H3. The highest BCUT2D eigenvalue weighted by atomic mass is 127. The molecule has 2 unspecified atom stereocenters. The van der Waals surface area contributed by atoms with Gasteiger partial charge in [-0.1, -0.05) is 30.3 Å². The van der Waals surface area contributed by atoms with Gasteiger partial charge < -0.3 is 25.5 Å². The molecule has 0 saturated carbocycles. The molecule has 0 amide bonds. The van der Waals surface area contributed by atoms with Crippen molar-refractivity contribution in [1.29, 1.82) is 0 Å². The highest BCUT2D eigenvalue weighted by molar-refractivity contribution is 14.1. The number of aromatic hydroxyl groups is 4. The van der Waals surface area contributed by atoms with Gasteiger partial charge in [0.1, 0.15) is 23.0 Å². The van der Waals surface area contributed by atoms with E-state index in [0.29, 0.717) is 28.3 Å². The minimum Gasteiger partial charge on any atom is -0.507 e. The highest BCUT2D eigenvalue weighted by Crippen LogP contribution is 2.49. The molecule has 2 atom stereocenters. The van der Waals surface area contributed by atoms with Gasteiger partial charge in [0.2, 0.25) is 0 Å². The average Bonchev–Trinajstić information content (AvgIpc) is 3.05. The Morgan fingerprint density at radius 2 is 0.796 bits per heavy atom. The maximum absolute atomic E-state index is 11.2. The van der Waals surface area contributed by atoms with Crippen LogP contribution in [0.15, 0.2) is 71.6 Å². The van der Waals surface area contributed by atoms with Crippen LogP contribution in [-0.2, 0) is 10.8 Å². The molecule has 0 aliphatic carbocycles. The molecule has 5 aromatic carbocycles. The van der Waals surface area contributed by atoms with Gasteiger partial charge in [0.05, 0.1) is 24.0 Å². The molecule has 11 heteroatoms. The number of hydrogen-bond acceptors (Lipinski definition) is 6. The highest BCUT2D eigenvalue weighted by Gasteiger charge is 2.38. The molecule has 0 heterocycles. The second-order valence-corrected chi connectivity index (χ2v) is 18.9. The van der Waals surface area contributed by atoms with Crippen LogP contribution in [0.4, 0.5) is 0 Å². The first-order chi connectivity index (χ1) is 22.8. The number of aliphatic hydroxyl groups excluding tert-OH is 1. The number of halogens is 5. The molecule has 0 aliphatic rings. The van der Waals surface area contributed by atoms with Crippen molar-refractivity contribution in [3.8, 4) is 23.0 Å².